The minimum atomic E-state index is -0.469. The number of nitrogens with zero attached hydrogens (tertiary/aromatic N) is 3. The van der Waals surface area contributed by atoms with E-state index in [1.165, 1.54) is 6.33 Å². The van der Waals surface area contributed by atoms with Gasteiger partial charge in [0.05, 0.1) is 4.92 Å². The standard InChI is InChI=1S/C10H15N5O2/c1-10(2)4-6(10)14-9-7(15(16)17)8(11-3)12-5-13-9/h5-6H,4H2,1-3H3,(H2,11,12,13,14). The number of nitro groups is 1. The molecule has 7 nitrogen and oxygen atoms in total. The molecular weight excluding hydrogens is 222 g/mol. The largest absolute Gasteiger partial charge is 0.367 e. The van der Waals surface area contributed by atoms with Gasteiger partial charge in [-0.15, -0.1) is 0 Å². The van der Waals surface area contributed by atoms with Crippen molar-refractivity contribution >= 4 is 17.3 Å². The van der Waals surface area contributed by atoms with Gasteiger partial charge in [-0.1, -0.05) is 13.8 Å². The molecule has 2 N–H and O–H groups in total. The molecule has 7 heteroatoms. The molecular formula is C10H15N5O2. The van der Waals surface area contributed by atoms with Gasteiger partial charge in [0.15, 0.2) is 0 Å². The van der Waals surface area contributed by atoms with Crippen LogP contribution >= 0.6 is 0 Å². The predicted octanol–water partition coefficient (Wildman–Crippen LogP) is 1.64. The second-order valence-corrected chi connectivity index (χ2v) is 4.82. The van der Waals surface area contributed by atoms with E-state index in [0.717, 1.165) is 6.42 Å². The molecule has 1 aromatic heterocycles. The number of nitrogens with one attached hydrogen (secondary N) is 2. The van der Waals surface area contributed by atoms with Crippen molar-refractivity contribution in [1.82, 2.24) is 9.97 Å². The van der Waals surface area contributed by atoms with Crippen LogP contribution in [0, 0.1) is 15.5 Å². The average molecular weight is 237 g/mol. The summed E-state index contributed by atoms with van der Waals surface area (Å²) in [5.41, 5.74) is 0.0798. The maximum atomic E-state index is 11.0. The summed E-state index contributed by atoms with van der Waals surface area (Å²) in [7, 11) is 1.60. The summed E-state index contributed by atoms with van der Waals surface area (Å²) in [4.78, 5) is 18.3. The summed E-state index contributed by atoms with van der Waals surface area (Å²) in [6, 6.07) is 0.237. The lowest BCUT2D eigenvalue weighted by molar-refractivity contribution is -0.383. The average Bonchev–Trinajstić information content (AvgIpc) is 2.85. The Balaban J connectivity index is 2.30. The van der Waals surface area contributed by atoms with Gasteiger partial charge in [-0.05, 0) is 11.8 Å². The van der Waals surface area contributed by atoms with Crippen LogP contribution in [0.3, 0.4) is 0 Å². The maximum absolute atomic E-state index is 11.0. The maximum Gasteiger partial charge on any atom is 0.353 e. The first kappa shape index (κ1) is 11.6. The lowest BCUT2D eigenvalue weighted by Gasteiger charge is -2.09. The Bertz CT molecular complexity index is 460. The molecule has 2 rings (SSSR count). The third-order valence-electron chi connectivity index (χ3n) is 3.07. The van der Waals surface area contributed by atoms with E-state index >= 15 is 0 Å². The first-order valence-electron chi connectivity index (χ1n) is 5.39. The van der Waals surface area contributed by atoms with E-state index in [2.05, 4.69) is 34.4 Å². The fraction of sp³-hybridized carbons (Fsp3) is 0.600. The first-order chi connectivity index (χ1) is 7.95. The fourth-order valence-electron chi connectivity index (χ4n) is 1.72. The molecule has 1 atom stereocenters. The zero-order valence-corrected chi connectivity index (χ0v) is 10.0. The van der Waals surface area contributed by atoms with Crippen LogP contribution in [0.4, 0.5) is 17.3 Å². The lowest BCUT2D eigenvalue weighted by Crippen LogP contribution is -2.13. The van der Waals surface area contributed by atoms with Crippen LogP contribution in [-0.4, -0.2) is 28.0 Å². The third-order valence-corrected chi connectivity index (χ3v) is 3.07. The normalized spacial score (nSPS) is 20.8. The lowest BCUT2D eigenvalue weighted by atomic mass is 10.2. The van der Waals surface area contributed by atoms with Crippen molar-refractivity contribution in [2.24, 2.45) is 5.41 Å². The molecule has 1 aliphatic rings. The summed E-state index contributed by atoms with van der Waals surface area (Å²) in [5.74, 6) is 0.510. The molecule has 0 bridgehead atoms. The van der Waals surface area contributed by atoms with Crippen LogP contribution in [0.25, 0.3) is 0 Å². The summed E-state index contributed by atoms with van der Waals surface area (Å²) in [6.07, 6.45) is 2.31. The van der Waals surface area contributed by atoms with Gasteiger partial charge in [0.2, 0.25) is 11.6 Å². The number of aromatic nitrogens is 2. The van der Waals surface area contributed by atoms with E-state index in [1.54, 1.807) is 7.05 Å². The van der Waals surface area contributed by atoms with Crippen LogP contribution in [-0.2, 0) is 0 Å². The Morgan fingerprint density at radius 2 is 2.06 bits per heavy atom. The highest BCUT2D eigenvalue weighted by molar-refractivity contribution is 5.69. The van der Waals surface area contributed by atoms with E-state index in [-0.39, 0.29) is 28.8 Å². The Morgan fingerprint density at radius 1 is 1.47 bits per heavy atom. The van der Waals surface area contributed by atoms with Gasteiger partial charge in [-0.2, -0.15) is 0 Å². The van der Waals surface area contributed by atoms with Crippen LogP contribution in [0.15, 0.2) is 6.33 Å². The Kier molecular flexibility index (Phi) is 2.60. The SMILES string of the molecule is CNc1ncnc(NC2CC2(C)C)c1[N+](=O)[O-]. The monoisotopic (exact) mass is 237 g/mol. The molecule has 0 saturated heterocycles. The minimum Gasteiger partial charge on any atom is -0.367 e. The highest BCUT2D eigenvalue weighted by Gasteiger charge is 2.46. The minimum absolute atomic E-state index is 0.0994. The molecule has 1 aliphatic carbocycles. The van der Waals surface area contributed by atoms with Crippen molar-refractivity contribution in [3.63, 3.8) is 0 Å². The molecule has 0 aromatic carbocycles. The molecule has 1 heterocycles. The summed E-state index contributed by atoms with van der Waals surface area (Å²) < 4.78 is 0. The molecule has 0 amide bonds. The van der Waals surface area contributed by atoms with E-state index in [1.807, 2.05) is 0 Å². The number of hydrogen-bond acceptors (Lipinski definition) is 6. The Hall–Kier alpha value is -1.92. The summed E-state index contributed by atoms with van der Waals surface area (Å²) in [5, 5.41) is 16.8. The molecule has 1 saturated carbocycles. The van der Waals surface area contributed by atoms with Crippen molar-refractivity contribution < 1.29 is 4.92 Å². The van der Waals surface area contributed by atoms with E-state index < -0.39 is 4.92 Å². The molecule has 0 spiro atoms. The molecule has 0 aliphatic heterocycles. The smallest absolute Gasteiger partial charge is 0.353 e. The molecule has 92 valence electrons. The van der Waals surface area contributed by atoms with Crippen LogP contribution in [0.5, 0.6) is 0 Å². The van der Waals surface area contributed by atoms with E-state index in [9.17, 15) is 10.1 Å². The van der Waals surface area contributed by atoms with Crippen LogP contribution < -0.4 is 10.6 Å². The zero-order valence-electron chi connectivity index (χ0n) is 10.0. The zero-order chi connectivity index (χ0) is 12.6. The van der Waals surface area contributed by atoms with Crippen LogP contribution in [0.2, 0.25) is 0 Å². The molecule has 1 aromatic rings. The van der Waals surface area contributed by atoms with Crippen molar-refractivity contribution in [3.05, 3.63) is 16.4 Å². The van der Waals surface area contributed by atoms with Gasteiger partial charge in [0, 0.05) is 13.1 Å². The quantitative estimate of drug-likeness (QED) is 0.610. The molecule has 17 heavy (non-hydrogen) atoms. The first-order valence-corrected chi connectivity index (χ1v) is 5.39. The van der Waals surface area contributed by atoms with Gasteiger partial charge in [0.25, 0.3) is 0 Å². The second kappa shape index (κ2) is 3.83. The summed E-state index contributed by atoms with van der Waals surface area (Å²) >= 11 is 0. The number of hydrogen-bond donors (Lipinski definition) is 2. The highest BCUT2D eigenvalue weighted by Crippen LogP contribution is 2.47. The number of rotatable bonds is 4. The van der Waals surface area contributed by atoms with E-state index in [0.29, 0.717) is 0 Å². The van der Waals surface area contributed by atoms with Crippen molar-refractivity contribution in [1.29, 1.82) is 0 Å². The third kappa shape index (κ3) is 2.13. The van der Waals surface area contributed by atoms with Crippen molar-refractivity contribution in [3.8, 4) is 0 Å². The van der Waals surface area contributed by atoms with E-state index in [4.69, 9.17) is 0 Å². The van der Waals surface area contributed by atoms with Gasteiger partial charge in [-0.3, -0.25) is 10.1 Å². The van der Waals surface area contributed by atoms with Crippen molar-refractivity contribution in [2.45, 2.75) is 26.3 Å². The topological polar surface area (TPSA) is 93.0 Å². The van der Waals surface area contributed by atoms with Crippen molar-refractivity contribution in [2.75, 3.05) is 17.7 Å². The van der Waals surface area contributed by atoms with Gasteiger partial charge >= 0.3 is 5.69 Å². The Morgan fingerprint density at radius 3 is 2.53 bits per heavy atom. The van der Waals surface area contributed by atoms with Gasteiger partial charge < -0.3 is 10.6 Å². The van der Waals surface area contributed by atoms with Crippen LogP contribution in [0.1, 0.15) is 20.3 Å². The van der Waals surface area contributed by atoms with Gasteiger partial charge in [-0.25, -0.2) is 9.97 Å². The fourth-order valence-corrected chi connectivity index (χ4v) is 1.72. The summed E-state index contributed by atoms with van der Waals surface area (Å²) in [6.45, 7) is 4.22. The predicted molar refractivity (Wildman–Crippen MR) is 64.0 cm³/mol. The Labute approximate surface area is 98.8 Å². The highest BCUT2D eigenvalue weighted by atomic mass is 16.6. The second-order valence-electron chi connectivity index (χ2n) is 4.82. The molecule has 0 radical (unpaired) electrons. The molecule has 1 fully saturated rings. The van der Waals surface area contributed by atoms with Gasteiger partial charge in [0.1, 0.15) is 6.33 Å². The number of anilines is 2. The molecule has 1 unspecified atom stereocenters.